The minimum absolute atomic E-state index is 0. The number of hydrogen-bond donors (Lipinski definition) is 1. The van der Waals surface area contributed by atoms with Gasteiger partial charge in [-0.3, -0.25) is 0 Å². The molecule has 5 nitrogen and oxygen atoms in total. The summed E-state index contributed by atoms with van der Waals surface area (Å²) in [7, 11) is 0. The third-order valence-electron chi connectivity index (χ3n) is 3.36. The first-order valence-corrected chi connectivity index (χ1v) is 6.08. The Hall–Kier alpha value is -0.650. The van der Waals surface area contributed by atoms with E-state index in [9.17, 15) is 0 Å². The molecule has 1 N–H and O–H groups in total. The minimum Gasteiger partial charge on any atom is -0.381 e. The first-order valence-electron chi connectivity index (χ1n) is 6.08. The van der Waals surface area contributed by atoms with Gasteiger partial charge in [0.15, 0.2) is 5.82 Å². The van der Waals surface area contributed by atoms with E-state index in [-0.39, 0.29) is 18.4 Å². The molecule has 0 saturated carbocycles. The van der Waals surface area contributed by atoms with Crippen LogP contribution in [0.15, 0.2) is 4.52 Å². The van der Waals surface area contributed by atoms with E-state index in [1.807, 2.05) is 0 Å². The smallest absolute Gasteiger partial charge is 0.243 e. The molecule has 0 aliphatic carbocycles. The molecule has 2 saturated heterocycles. The van der Waals surface area contributed by atoms with Crippen LogP contribution in [0.2, 0.25) is 0 Å². The van der Waals surface area contributed by atoms with Gasteiger partial charge in [0.1, 0.15) is 0 Å². The van der Waals surface area contributed by atoms with Gasteiger partial charge in [-0.2, -0.15) is 4.98 Å². The Kier molecular flexibility index (Phi) is 4.36. The zero-order valence-electron chi connectivity index (χ0n) is 9.72. The molecule has 17 heavy (non-hydrogen) atoms. The normalized spacial score (nSPS) is 28.9. The predicted molar refractivity (Wildman–Crippen MR) is 64.3 cm³/mol. The van der Waals surface area contributed by atoms with Crippen molar-refractivity contribution in [1.82, 2.24) is 15.5 Å². The lowest BCUT2D eigenvalue weighted by molar-refractivity contribution is 0.192. The second-order valence-corrected chi connectivity index (χ2v) is 4.55. The van der Waals surface area contributed by atoms with Crippen LogP contribution in [-0.2, 0) is 4.74 Å². The fourth-order valence-corrected chi connectivity index (χ4v) is 2.36. The third-order valence-corrected chi connectivity index (χ3v) is 3.36. The summed E-state index contributed by atoms with van der Waals surface area (Å²) in [4.78, 5) is 4.50. The summed E-state index contributed by atoms with van der Waals surface area (Å²) in [5, 5.41) is 7.48. The molecule has 0 aromatic carbocycles. The largest absolute Gasteiger partial charge is 0.381 e. The fourth-order valence-electron chi connectivity index (χ4n) is 2.36. The average molecular weight is 260 g/mol. The monoisotopic (exact) mass is 259 g/mol. The Morgan fingerprint density at radius 3 is 2.88 bits per heavy atom. The molecule has 2 aliphatic heterocycles. The maximum absolute atomic E-state index is 5.34. The van der Waals surface area contributed by atoms with E-state index in [0.717, 1.165) is 44.3 Å². The third kappa shape index (κ3) is 2.78. The summed E-state index contributed by atoms with van der Waals surface area (Å²) in [6.45, 7) is 2.60. The highest BCUT2D eigenvalue weighted by atomic mass is 35.5. The zero-order valence-corrected chi connectivity index (χ0v) is 10.5. The van der Waals surface area contributed by atoms with Crippen LogP contribution in [0.3, 0.4) is 0 Å². The SMILES string of the molecule is C1CC[C@@H](c2nc(C3CCOC3)no2)NC1.Cl. The van der Waals surface area contributed by atoms with Crippen molar-refractivity contribution in [3.8, 4) is 0 Å². The standard InChI is InChI=1S/C11H17N3O2.ClH/c1-2-5-12-9(3-1)11-13-10(14-16-11)8-4-6-15-7-8;/h8-9,12H,1-7H2;1H/t8?,9-;/m0./s1. The van der Waals surface area contributed by atoms with Crippen molar-refractivity contribution in [2.24, 2.45) is 0 Å². The van der Waals surface area contributed by atoms with Gasteiger partial charge in [-0.05, 0) is 25.8 Å². The van der Waals surface area contributed by atoms with Gasteiger partial charge in [-0.25, -0.2) is 0 Å². The lowest BCUT2D eigenvalue weighted by atomic mass is 10.1. The van der Waals surface area contributed by atoms with Gasteiger partial charge in [-0.1, -0.05) is 11.6 Å². The predicted octanol–water partition coefficient (Wildman–Crippen LogP) is 1.81. The summed E-state index contributed by atoms with van der Waals surface area (Å²) in [5.41, 5.74) is 0. The van der Waals surface area contributed by atoms with E-state index in [4.69, 9.17) is 9.26 Å². The first-order chi connectivity index (χ1) is 7.93. The van der Waals surface area contributed by atoms with Crippen molar-refractivity contribution in [2.45, 2.75) is 37.6 Å². The van der Waals surface area contributed by atoms with Gasteiger partial charge in [0.25, 0.3) is 0 Å². The Labute approximate surface area is 107 Å². The van der Waals surface area contributed by atoms with Crippen LogP contribution in [0.5, 0.6) is 0 Å². The summed E-state index contributed by atoms with van der Waals surface area (Å²) in [5.74, 6) is 1.91. The molecule has 6 heteroatoms. The highest BCUT2D eigenvalue weighted by Crippen LogP contribution is 2.26. The number of aromatic nitrogens is 2. The van der Waals surface area contributed by atoms with Crippen LogP contribution in [0.1, 0.15) is 49.4 Å². The Bertz CT molecular complexity index is 346. The molecule has 0 amide bonds. The molecular weight excluding hydrogens is 242 g/mol. The van der Waals surface area contributed by atoms with Crippen molar-refractivity contribution in [2.75, 3.05) is 19.8 Å². The Morgan fingerprint density at radius 1 is 1.24 bits per heavy atom. The highest BCUT2D eigenvalue weighted by Gasteiger charge is 2.26. The fraction of sp³-hybridized carbons (Fsp3) is 0.818. The van der Waals surface area contributed by atoms with Crippen LogP contribution in [0.25, 0.3) is 0 Å². The summed E-state index contributed by atoms with van der Waals surface area (Å²) < 4.78 is 10.7. The molecule has 2 fully saturated rings. The second-order valence-electron chi connectivity index (χ2n) is 4.55. The van der Waals surface area contributed by atoms with E-state index in [2.05, 4.69) is 15.5 Å². The van der Waals surface area contributed by atoms with Gasteiger partial charge < -0.3 is 14.6 Å². The number of nitrogens with zero attached hydrogens (tertiary/aromatic N) is 2. The maximum Gasteiger partial charge on any atom is 0.243 e. The van der Waals surface area contributed by atoms with Crippen LogP contribution in [0, 0.1) is 0 Å². The van der Waals surface area contributed by atoms with Crippen molar-refractivity contribution >= 4 is 12.4 Å². The number of ether oxygens (including phenoxy) is 1. The molecule has 96 valence electrons. The van der Waals surface area contributed by atoms with E-state index in [0.29, 0.717) is 5.92 Å². The second kappa shape index (κ2) is 5.80. The van der Waals surface area contributed by atoms with E-state index in [1.54, 1.807) is 0 Å². The van der Waals surface area contributed by atoms with E-state index < -0.39 is 0 Å². The molecule has 1 aromatic rings. The molecule has 3 heterocycles. The van der Waals surface area contributed by atoms with Crippen LogP contribution >= 0.6 is 12.4 Å². The van der Waals surface area contributed by atoms with E-state index >= 15 is 0 Å². The Morgan fingerprint density at radius 2 is 2.18 bits per heavy atom. The van der Waals surface area contributed by atoms with Crippen molar-refractivity contribution < 1.29 is 9.26 Å². The molecule has 3 rings (SSSR count). The minimum atomic E-state index is 0. The van der Waals surface area contributed by atoms with Crippen molar-refractivity contribution in [1.29, 1.82) is 0 Å². The van der Waals surface area contributed by atoms with Crippen LogP contribution in [-0.4, -0.2) is 29.9 Å². The molecule has 0 radical (unpaired) electrons. The van der Waals surface area contributed by atoms with Gasteiger partial charge >= 0.3 is 0 Å². The summed E-state index contributed by atoms with van der Waals surface area (Å²) in [6.07, 6.45) is 4.59. The topological polar surface area (TPSA) is 60.2 Å². The van der Waals surface area contributed by atoms with Gasteiger partial charge in [0, 0.05) is 12.5 Å². The lowest BCUT2D eigenvalue weighted by Gasteiger charge is -2.19. The maximum atomic E-state index is 5.34. The zero-order chi connectivity index (χ0) is 10.8. The van der Waals surface area contributed by atoms with Crippen molar-refractivity contribution in [3.63, 3.8) is 0 Å². The van der Waals surface area contributed by atoms with Gasteiger partial charge in [-0.15, -0.1) is 12.4 Å². The van der Waals surface area contributed by atoms with Crippen LogP contribution < -0.4 is 5.32 Å². The highest BCUT2D eigenvalue weighted by molar-refractivity contribution is 5.85. The molecule has 0 spiro atoms. The van der Waals surface area contributed by atoms with E-state index in [1.165, 1.54) is 12.8 Å². The van der Waals surface area contributed by atoms with Crippen molar-refractivity contribution in [3.05, 3.63) is 11.7 Å². The summed E-state index contributed by atoms with van der Waals surface area (Å²) in [6, 6.07) is 0.261. The molecule has 1 aromatic heterocycles. The average Bonchev–Trinajstić information content (AvgIpc) is 3.01. The molecule has 1 unspecified atom stereocenters. The molecular formula is C11H18ClN3O2. The quantitative estimate of drug-likeness (QED) is 0.878. The Balaban J connectivity index is 0.00000108. The number of piperidine rings is 1. The lowest BCUT2D eigenvalue weighted by Crippen LogP contribution is -2.27. The van der Waals surface area contributed by atoms with Gasteiger partial charge in [0.05, 0.1) is 12.6 Å². The van der Waals surface area contributed by atoms with Gasteiger partial charge in [0.2, 0.25) is 5.89 Å². The van der Waals surface area contributed by atoms with Crippen LogP contribution in [0.4, 0.5) is 0 Å². The molecule has 2 aliphatic rings. The first kappa shape index (κ1) is 12.8. The summed E-state index contributed by atoms with van der Waals surface area (Å²) >= 11 is 0. The molecule has 2 atom stereocenters. The number of rotatable bonds is 2. The molecule has 0 bridgehead atoms. The number of hydrogen-bond acceptors (Lipinski definition) is 5. The number of nitrogens with one attached hydrogen (secondary N) is 1. The number of halogens is 1.